The number of sulfonamides is 1. The van der Waals surface area contributed by atoms with E-state index < -0.39 is 21.6 Å². The monoisotopic (exact) mass is 396 g/mol. The highest BCUT2D eigenvalue weighted by Gasteiger charge is 2.51. The first-order valence-electron chi connectivity index (χ1n) is 9.59. The van der Waals surface area contributed by atoms with Crippen molar-refractivity contribution in [1.29, 1.82) is 0 Å². The Hall–Kier alpha value is -1.67. The zero-order chi connectivity index (χ0) is 19.7. The van der Waals surface area contributed by atoms with Crippen LogP contribution in [-0.4, -0.2) is 56.1 Å². The first kappa shape index (κ1) is 20.1. The Morgan fingerprint density at radius 2 is 2.00 bits per heavy atom. The van der Waals surface area contributed by atoms with Crippen molar-refractivity contribution in [2.24, 2.45) is 0 Å². The summed E-state index contributed by atoms with van der Waals surface area (Å²) in [5.74, 6) is -0.759. The van der Waals surface area contributed by atoms with E-state index in [0.29, 0.717) is 30.5 Å². The molecule has 150 valence electrons. The van der Waals surface area contributed by atoms with E-state index in [9.17, 15) is 18.0 Å². The quantitative estimate of drug-likeness (QED) is 0.564. The van der Waals surface area contributed by atoms with Gasteiger partial charge in [0.1, 0.15) is 5.60 Å². The Balaban J connectivity index is 1.67. The topological polar surface area (TPSA) is 92.8 Å². The molecule has 27 heavy (non-hydrogen) atoms. The van der Waals surface area contributed by atoms with Crippen LogP contribution in [0.4, 0.5) is 0 Å². The second-order valence-corrected chi connectivity index (χ2v) is 9.64. The number of nitrogens with one attached hydrogen (secondary N) is 1. The fourth-order valence-electron chi connectivity index (χ4n) is 4.21. The van der Waals surface area contributed by atoms with Crippen LogP contribution < -0.4 is 5.32 Å². The minimum Gasteiger partial charge on any atom is -0.450 e. The Kier molecular flexibility index (Phi) is 5.76. The van der Waals surface area contributed by atoms with Gasteiger partial charge in [0.2, 0.25) is 10.0 Å². The fraction of sp³-hybridized carbons (Fsp3) is 0.684. The number of hydrogen-bond acceptors (Lipinski definition) is 5. The Labute approximate surface area is 160 Å². The van der Waals surface area contributed by atoms with Crippen molar-refractivity contribution in [3.05, 3.63) is 22.8 Å². The maximum absolute atomic E-state index is 12.8. The number of carbonyl (C=O) groups excluding carboxylic acids is 2. The molecule has 0 unspecified atom stereocenters. The molecule has 2 heterocycles. The SMILES string of the molecule is CC1=C(C(=O)NCCC2=CCCCC2)C2(CCN(S(C)(=O)=O)CC2)OC1=O. The van der Waals surface area contributed by atoms with Crippen molar-refractivity contribution < 1.29 is 22.7 Å². The minimum absolute atomic E-state index is 0.239. The average Bonchev–Trinajstić information content (AvgIpc) is 2.85. The molecule has 3 rings (SSSR count). The number of hydrogen-bond donors (Lipinski definition) is 1. The van der Waals surface area contributed by atoms with Gasteiger partial charge in [0.05, 0.1) is 11.8 Å². The molecule has 1 spiro atoms. The van der Waals surface area contributed by atoms with Crippen LogP contribution in [0.5, 0.6) is 0 Å². The molecule has 7 nitrogen and oxygen atoms in total. The molecule has 0 aromatic heterocycles. The highest BCUT2D eigenvalue weighted by Crippen LogP contribution is 2.41. The number of ether oxygens (including phenoxy) is 1. The summed E-state index contributed by atoms with van der Waals surface area (Å²) >= 11 is 0. The first-order valence-corrected chi connectivity index (χ1v) is 11.4. The zero-order valence-electron chi connectivity index (χ0n) is 16.0. The molecule has 8 heteroatoms. The molecule has 1 aliphatic carbocycles. The lowest BCUT2D eigenvalue weighted by Gasteiger charge is -2.38. The zero-order valence-corrected chi connectivity index (χ0v) is 16.9. The van der Waals surface area contributed by atoms with Gasteiger partial charge >= 0.3 is 5.97 Å². The lowest BCUT2D eigenvalue weighted by molar-refractivity contribution is -0.150. The molecular formula is C19H28N2O5S. The summed E-state index contributed by atoms with van der Waals surface area (Å²) in [6.45, 7) is 2.62. The van der Waals surface area contributed by atoms with Gasteiger partial charge in [0, 0.05) is 38.0 Å². The van der Waals surface area contributed by atoms with Crippen LogP contribution in [0.25, 0.3) is 0 Å². The molecule has 1 saturated heterocycles. The maximum Gasteiger partial charge on any atom is 0.335 e. The predicted octanol–water partition coefficient (Wildman–Crippen LogP) is 1.66. The number of carbonyl (C=O) groups is 2. The smallest absolute Gasteiger partial charge is 0.335 e. The van der Waals surface area contributed by atoms with Crippen molar-refractivity contribution in [3.63, 3.8) is 0 Å². The molecule has 0 atom stereocenters. The fourth-order valence-corrected chi connectivity index (χ4v) is 5.06. The van der Waals surface area contributed by atoms with Gasteiger partial charge in [-0.05, 0) is 39.0 Å². The van der Waals surface area contributed by atoms with Crippen molar-refractivity contribution in [1.82, 2.24) is 9.62 Å². The van der Waals surface area contributed by atoms with Gasteiger partial charge in [0.25, 0.3) is 5.91 Å². The predicted molar refractivity (Wildman–Crippen MR) is 101 cm³/mol. The molecule has 1 fully saturated rings. The number of allylic oxidation sites excluding steroid dienone is 1. The van der Waals surface area contributed by atoms with Crippen LogP contribution in [0.15, 0.2) is 22.8 Å². The lowest BCUT2D eigenvalue weighted by Crippen LogP contribution is -2.50. The third-order valence-electron chi connectivity index (χ3n) is 5.77. The third-order valence-corrected chi connectivity index (χ3v) is 7.07. The van der Waals surface area contributed by atoms with Crippen LogP contribution >= 0.6 is 0 Å². The summed E-state index contributed by atoms with van der Waals surface area (Å²) < 4.78 is 30.4. The molecular weight excluding hydrogens is 368 g/mol. The maximum atomic E-state index is 12.8. The van der Waals surface area contributed by atoms with Crippen molar-refractivity contribution in [3.8, 4) is 0 Å². The van der Waals surface area contributed by atoms with Gasteiger partial charge in [0.15, 0.2) is 0 Å². The average molecular weight is 397 g/mol. The summed E-state index contributed by atoms with van der Waals surface area (Å²) in [6, 6.07) is 0. The lowest BCUT2D eigenvalue weighted by atomic mass is 9.83. The minimum atomic E-state index is -3.29. The summed E-state index contributed by atoms with van der Waals surface area (Å²) in [6.07, 6.45) is 9.47. The third kappa shape index (κ3) is 4.27. The van der Waals surface area contributed by atoms with Crippen LogP contribution in [-0.2, 0) is 24.3 Å². The molecule has 0 bridgehead atoms. The van der Waals surface area contributed by atoms with Gasteiger partial charge in [-0.3, -0.25) is 4.79 Å². The van der Waals surface area contributed by atoms with Crippen LogP contribution in [0.1, 0.15) is 51.9 Å². The van der Waals surface area contributed by atoms with E-state index in [2.05, 4.69) is 11.4 Å². The molecule has 0 aromatic carbocycles. The van der Waals surface area contributed by atoms with E-state index in [1.807, 2.05) is 0 Å². The molecule has 1 amide bonds. The molecule has 0 radical (unpaired) electrons. The molecule has 3 aliphatic rings. The Morgan fingerprint density at radius 3 is 2.59 bits per heavy atom. The summed E-state index contributed by atoms with van der Waals surface area (Å²) in [5, 5.41) is 2.93. The van der Waals surface area contributed by atoms with E-state index in [-0.39, 0.29) is 19.0 Å². The number of piperidine rings is 1. The summed E-state index contributed by atoms with van der Waals surface area (Å²) in [5.41, 5.74) is 1.08. The summed E-state index contributed by atoms with van der Waals surface area (Å²) in [4.78, 5) is 25.0. The number of rotatable bonds is 5. The van der Waals surface area contributed by atoms with Gasteiger partial charge in [-0.2, -0.15) is 0 Å². The van der Waals surface area contributed by atoms with Crippen molar-refractivity contribution in [2.45, 2.75) is 57.5 Å². The van der Waals surface area contributed by atoms with Crippen molar-refractivity contribution in [2.75, 3.05) is 25.9 Å². The van der Waals surface area contributed by atoms with Crippen LogP contribution in [0, 0.1) is 0 Å². The second-order valence-electron chi connectivity index (χ2n) is 7.66. The molecule has 1 N–H and O–H groups in total. The van der Waals surface area contributed by atoms with Crippen molar-refractivity contribution >= 4 is 21.9 Å². The summed E-state index contributed by atoms with van der Waals surface area (Å²) in [7, 11) is -3.29. The molecule has 0 aromatic rings. The largest absolute Gasteiger partial charge is 0.450 e. The highest BCUT2D eigenvalue weighted by atomic mass is 32.2. The van der Waals surface area contributed by atoms with Gasteiger partial charge in [-0.15, -0.1) is 0 Å². The molecule has 2 aliphatic heterocycles. The Morgan fingerprint density at radius 1 is 1.30 bits per heavy atom. The number of nitrogens with zero attached hydrogens (tertiary/aromatic N) is 1. The number of esters is 1. The highest BCUT2D eigenvalue weighted by molar-refractivity contribution is 7.88. The van der Waals surface area contributed by atoms with E-state index in [1.165, 1.54) is 29.0 Å². The Bertz CT molecular complexity index is 789. The van der Waals surface area contributed by atoms with E-state index in [0.717, 1.165) is 19.3 Å². The van der Waals surface area contributed by atoms with E-state index in [4.69, 9.17) is 4.74 Å². The van der Waals surface area contributed by atoms with Gasteiger partial charge < -0.3 is 10.1 Å². The molecule has 0 saturated carbocycles. The normalized spacial score (nSPS) is 23.3. The second kappa shape index (κ2) is 7.75. The van der Waals surface area contributed by atoms with E-state index in [1.54, 1.807) is 6.92 Å². The standard InChI is InChI=1S/C19H28N2O5S/c1-14-16(17(22)20-11-8-15-6-4-3-5-7-15)19(26-18(14)23)9-12-21(13-10-19)27(2,24)25/h6H,3-5,7-13H2,1-2H3,(H,20,22). The van der Waals surface area contributed by atoms with Crippen LogP contribution in [0.3, 0.4) is 0 Å². The number of amides is 1. The van der Waals surface area contributed by atoms with Gasteiger partial charge in [-0.1, -0.05) is 11.6 Å². The van der Waals surface area contributed by atoms with Crippen LogP contribution in [0.2, 0.25) is 0 Å². The van der Waals surface area contributed by atoms with E-state index >= 15 is 0 Å². The first-order chi connectivity index (χ1) is 12.7. The van der Waals surface area contributed by atoms with Gasteiger partial charge in [-0.25, -0.2) is 17.5 Å².